The Hall–Kier alpha value is -1.97. The number of methoxy groups -OCH3 is 1. The quantitative estimate of drug-likeness (QED) is 0.462. The van der Waals surface area contributed by atoms with Crippen molar-refractivity contribution in [2.24, 2.45) is 0 Å². The van der Waals surface area contributed by atoms with Gasteiger partial charge in [0.15, 0.2) is 11.2 Å². The lowest BCUT2D eigenvalue weighted by Crippen LogP contribution is -2.13. The van der Waals surface area contributed by atoms with Crippen LogP contribution in [0.1, 0.15) is 12.8 Å². The van der Waals surface area contributed by atoms with Gasteiger partial charge in [-0.05, 0) is 6.42 Å². The molecule has 0 amide bonds. The van der Waals surface area contributed by atoms with E-state index in [1.54, 1.807) is 0 Å². The molecular weight excluding hydrogens is 254 g/mol. The van der Waals surface area contributed by atoms with E-state index >= 15 is 0 Å². The number of ether oxygens (including phenoxy) is 2. The molecule has 0 aliphatic rings. The Balaban J connectivity index is 2.31. The zero-order valence-electron chi connectivity index (χ0n) is 10.4. The van der Waals surface area contributed by atoms with Crippen LogP contribution in [0.4, 0.5) is 5.95 Å². The van der Waals surface area contributed by atoms with E-state index in [-0.39, 0.29) is 25.0 Å². The van der Waals surface area contributed by atoms with Gasteiger partial charge in [0.05, 0.1) is 13.7 Å². The molecule has 0 aromatic carbocycles. The summed E-state index contributed by atoms with van der Waals surface area (Å²) >= 11 is 0. The molecule has 0 fully saturated rings. The average Bonchev–Trinajstić information content (AvgIpc) is 2.81. The summed E-state index contributed by atoms with van der Waals surface area (Å²) in [6.45, 7) is 0.190. The summed E-state index contributed by atoms with van der Waals surface area (Å²) in [5.41, 5.74) is 6.23. The predicted molar refractivity (Wildman–Crippen MR) is 65.2 cm³/mol. The summed E-state index contributed by atoms with van der Waals surface area (Å²) in [5.74, 6) is 0.234. The third-order valence-electron chi connectivity index (χ3n) is 2.41. The summed E-state index contributed by atoms with van der Waals surface area (Å²) in [6.07, 6.45) is 0.505. The molecule has 4 N–H and O–H groups in total. The molecule has 2 aromatic heterocycles. The SMILES string of the molecule is COc1nc(N)nc2c1ncn2C(O)OCCCO. The van der Waals surface area contributed by atoms with E-state index < -0.39 is 6.41 Å². The Morgan fingerprint density at radius 1 is 1.47 bits per heavy atom. The van der Waals surface area contributed by atoms with Crippen LogP contribution in [0.25, 0.3) is 11.2 Å². The molecule has 9 nitrogen and oxygen atoms in total. The Morgan fingerprint density at radius 2 is 2.26 bits per heavy atom. The second-order valence-corrected chi connectivity index (χ2v) is 3.69. The second-order valence-electron chi connectivity index (χ2n) is 3.69. The molecule has 0 bridgehead atoms. The Labute approximate surface area is 108 Å². The standard InChI is InChI=1S/C10H15N5O4/c1-18-8-6-7(13-9(11)14-8)15(5-12-6)10(17)19-4-2-3-16/h5,10,16-17H,2-4H2,1H3,(H2,11,13,14). The smallest absolute Gasteiger partial charge is 0.246 e. The van der Waals surface area contributed by atoms with Crippen LogP contribution in [0.3, 0.4) is 0 Å². The molecule has 2 heterocycles. The van der Waals surface area contributed by atoms with E-state index in [1.807, 2.05) is 0 Å². The first-order valence-electron chi connectivity index (χ1n) is 5.62. The van der Waals surface area contributed by atoms with Crippen LogP contribution >= 0.6 is 0 Å². The number of nitrogen functional groups attached to an aromatic ring is 1. The van der Waals surface area contributed by atoms with Gasteiger partial charge in [-0.1, -0.05) is 0 Å². The van der Waals surface area contributed by atoms with Crippen molar-refractivity contribution < 1.29 is 19.7 Å². The first-order chi connectivity index (χ1) is 9.17. The first kappa shape index (κ1) is 13.5. The fraction of sp³-hybridized carbons (Fsp3) is 0.500. The van der Waals surface area contributed by atoms with Crippen molar-refractivity contribution in [3.8, 4) is 5.88 Å². The van der Waals surface area contributed by atoms with E-state index in [9.17, 15) is 5.11 Å². The molecule has 0 spiro atoms. The largest absolute Gasteiger partial charge is 0.479 e. The number of aromatic nitrogens is 4. The fourth-order valence-corrected chi connectivity index (χ4v) is 1.54. The number of fused-ring (bicyclic) bond motifs is 1. The summed E-state index contributed by atoms with van der Waals surface area (Å²) in [6, 6.07) is 0. The van der Waals surface area contributed by atoms with E-state index in [2.05, 4.69) is 15.0 Å². The van der Waals surface area contributed by atoms with Crippen LogP contribution in [0.2, 0.25) is 0 Å². The fourth-order valence-electron chi connectivity index (χ4n) is 1.54. The third kappa shape index (κ3) is 2.72. The second kappa shape index (κ2) is 5.78. The molecule has 1 unspecified atom stereocenters. The Kier molecular flexibility index (Phi) is 4.10. The number of imidazole rings is 1. The van der Waals surface area contributed by atoms with E-state index in [0.29, 0.717) is 17.6 Å². The number of anilines is 1. The van der Waals surface area contributed by atoms with Gasteiger partial charge in [-0.3, -0.25) is 4.57 Å². The van der Waals surface area contributed by atoms with Gasteiger partial charge in [0.2, 0.25) is 18.2 Å². The highest BCUT2D eigenvalue weighted by molar-refractivity contribution is 5.77. The van der Waals surface area contributed by atoms with Crippen molar-refractivity contribution in [1.29, 1.82) is 0 Å². The lowest BCUT2D eigenvalue weighted by atomic mass is 10.5. The van der Waals surface area contributed by atoms with Gasteiger partial charge in [-0.25, -0.2) is 4.98 Å². The summed E-state index contributed by atoms with van der Waals surface area (Å²) in [5, 5.41) is 18.5. The molecule has 0 aliphatic heterocycles. The highest BCUT2D eigenvalue weighted by atomic mass is 16.6. The maximum absolute atomic E-state index is 9.87. The van der Waals surface area contributed by atoms with Crippen molar-refractivity contribution in [3.63, 3.8) is 0 Å². The molecule has 19 heavy (non-hydrogen) atoms. The lowest BCUT2D eigenvalue weighted by Gasteiger charge is -2.13. The molecule has 0 aliphatic carbocycles. The number of hydrogen-bond acceptors (Lipinski definition) is 8. The van der Waals surface area contributed by atoms with Gasteiger partial charge in [0.25, 0.3) is 0 Å². The van der Waals surface area contributed by atoms with Crippen LogP contribution in [0.5, 0.6) is 5.88 Å². The molecule has 1 atom stereocenters. The number of nitrogens with two attached hydrogens (primary N) is 1. The minimum atomic E-state index is -1.27. The molecule has 0 saturated carbocycles. The predicted octanol–water partition coefficient (Wildman–Crippen LogP) is -0.736. The number of aliphatic hydroxyl groups excluding tert-OH is 2. The molecule has 104 valence electrons. The van der Waals surface area contributed by atoms with Gasteiger partial charge >= 0.3 is 0 Å². The van der Waals surface area contributed by atoms with Crippen LogP contribution in [0, 0.1) is 0 Å². The topological polar surface area (TPSA) is 129 Å². The zero-order valence-corrected chi connectivity index (χ0v) is 10.4. The van der Waals surface area contributed by atoms with E-state index in [4.69, 9.17) is 20.3 Å². The van der Waals surface area contributed by atoms with Crippen LogP contribution in [-0.2, 0) is 4.74 Å². The molecule has 2 rings (SSSR count). The first-order valence-corrected chi connectivity index (χ1v) is 5.62. The van der Waals surface area contributed by atoms with Crippen LogP contribution in [-0.4, -0.2) is 50.1 Å². The monoisotopic (exact) mass is 269 g/mol. The van der Waals surface area contributed by atoms with Crippen molar-refractivity contribution in [1.82, 2.24) is 19.5 Å². The van der Waals surface area contributed by atoms with Crippen molar-refractivity contribution in [2.75, 3.05) is 26.1 Å². The van der Waals surface area contributed by atoms with Crippen LogP contribution < -0.4 is 10.5 Å². The number of rotatable bonds is 6. The van der Waals surface area contributed by atoms with Crippen molar-refractivity contribution >= 4 is 17.1 Å². The van der Waals surface area contributed by atoms with Crippen molar-refractivity contribution in [3.05, 3.63) is 6.33 Å². The third-order valence-corrected chi connectivity index (χ3v) is 2.41. The maximum Gasteiger partial charge on any atom is 0.246 e. The summed E-state index contributed by atoms with van der Waals surface area (Å²) in [7, 11) is 1.44. The molecule has 9 heteroatoms. The number of aliphatic hydroxyl groups is 2. The molecule has 0 saturated heterocycles. The van der Waals surface area contributed by atoms with Gasteiger partial charge in [-0.2, -0.15) is 9.97 Å². The number of hydrogen-bond donors (Lipinski definition) is 3. The van der Waals surface area contributed by atoms with Crippen molar-refractivity contribution in [2.45, 2.75) is 12.8 Å². The average molecular weight is 269 g/mol. The van der Waals surface area contributed by atoms with E-state index in [1.165, 1.54) is 18.0 Å². The molecular formula is C10H15N5O4. The lowest BCUT2D eigenvalue weighted by molar-refractivity contribution is -0.152. The summed E-state index contributed by atoms with van der Waals surface area (Å²) < 4.78 is 11.5. The maximum atomic E-state index is 9.87. The highest BCUT2D eigenvalue weighted by Crippen LogP contribution is 2.23. The minimum absolute atomic E-state index is 0.00802. The van der Waals surface area contributed by atoms with Gasteiger partial charge in [-0.15, -0.1) is 0 Å². The van der Waals surface area contributed by atoms with Gasteiger partial charge in [0.1, 0.15) is 6.33 Å². The molecule has 2 aromatic rings. The zero-order chi connectivity index (χ0) is 13.8. The summed E-state index contributed by atoms with van der Waals surface area (Å²) in [4.78, 5) is 11.9. The normalized spacial score (nSPS) is 12.8. The highest BCUT2D eigenvalue weighted by Gasteiger charge is 2.17. The van der Waals surface area contributed by atoms with Crippen LogP contribution in [0.15, 0.2) is 6.33 Å². The Bertz CT molecular complexity index is 558. The Morgan fingerprint density at radius 3 is 2.95 bits per heavy atom. The number of nitrogens with zero attached hydrogens (tertiary/aromatic N) is 4. The molecule has 0 radical (unpaired) electrons. The van der Waals surface area contributed by atoms with Gasteiger partial charge < -0.3 is 25.4 Å². The minimum Gasteiger partial charge on any atom is -0.479 e. The van der Waals surface area contributed by atoms with Gasteiger partial charge in [0, 0.05) is 6.61 Å². The van der Waals surface area contributed by atoms with E-state index in [0.717, 1.165) is 0 Å².